The van der Waals surface area contributed by atoms with Gasteiger partial charge in [-0.25, -0.2) is 0 Å². The molecule has 0 bridgehead atoms. The highest BCUT2D eigenvalue weighted by Gasteiger charge is 2.39. The Morgan fingerprint density at radius 2 is 1.64 bits per heavy atom. The molecule has 2 fully saturated rings. The van der Waals surface area contributed by atoms with Crippen LogP contribution in [0.4, 0.5) is 26.3 Å². The molecule has 12 heteroatoms. The van der Waals surface area contributed by atoms with Gasteiger partial charge in [-0.3, -0.25) is 14.6 Å². The van der Waals surface area contributed by atoms with Gasteiger partial charge in [0.2, 0.25) is 0 Å². The fourth-order valence-corrected chi connectivity index (χ4v) is 5.75. The first-order valence-corrected chi connectivity index (χ1v) is 14.4. The van der Waals surface area contributed by atoms with Gasteiger partial charge in [-0.2, -0.15) is 26.3 Å². The van der Waals surface area contributed by atoms with Crippen LogP contribution in [0.3, 0.4) is 0 Å². The van der Waals surface area contributed by atoms with Gasteiger partial charge >= 0.3 is 12.4 Å². The van der Waals surface area contributed by atoms with Gasteiger partial charge in [0.1, 0.15) is 0 Å². The fourth-order valence-electron chi connectivity index (χ4n) is 5.75. The molecule has 6 nitrogen and oxygen atoms in total. The summed E-state index contributed by atoms with van der Waals surface area (Å²) in [5.74, 6) is 5.55. The van der Waals surface area contributed by atoms with Crippen molar-refractivity contribution in [3.05, 3.63) is 70.9 Å². The zero-order valence-electron chi connectivity index (χ0n) is 24.5. The quantitative estimate of drug-likeness (QED) is 0.294. The summed E-state index contributed by atoms with van der Waals surface area (Å²) in [6.07, 6.45) is -9.76. The molecule has 0 aliphatic carbocycles. The number of amides is 1. The number of hydrogen-bond acceptors (Lipinski definition) is 4. The lowest BCUT2D eigenvalue weighted by Gasteiger charge is -2.41. The number of rotatable bonds is 5. The topological polar surface area (TPSA) is 51.8 Å². The number of hydrogen-bond donors (Lipinski definition) is 1. The van der Waals surface area contributed by atoms with E-state index in [0.29, 0.717) is 57.9 Å². The minimum atomic E-state index is -5.05. The predicted molar refractivity (Wildman–Crippen MR) is 154 cm³/mol. The lowest BCUT2D eigenvalue weighted by molar-refractivity contribution is -0.143. The van der Waals surface area contributed by atoms with E-state index in [4.69, 9.17) is 4.74 Å². The second-order valence-corrected chi connectivity index (χ2v) is 11.9. The van der Waals surface area contributed by atoms with Crippen molar-refractivity contribution in [2.75, 3.05) is 52.5 Å². The molecule has 2 aliphatic heterocycles. The number of nitrogens with zero attached hydrogens (tertiary/aromatic N) is 3. The highest BCUT2D eigenvalue weighted by molar-refractivity contribution is 5.95. The first-order valence-electron chi connectivity index (χ1n) is 14.4. The Balaban J connectivity index is 1.38. The SMILES string of the molecule is CC1(C)COCCN1CC#CCN1CCN(C(=O)c2cc(C(F)(F)F)cc(C(F)(F)F)c2)C(Cc2cc3ccccc3[nH]2)C1. The highest BCUT2D eigenvalue weighted by atomic mass is 19.4. The minimum Gasteiger partial charge on any atom is -0.378 e. The Hall–Kier alpha value is -3.53. The number of aromatic nitrogens is 1. The zero-order chi connectivity index (χ0) is 31.7. The first-order chi connectivity index (χ1) is 20.7. The molecule has 1 unspecified atom stereocenters. The standard InChI is InChI=1S/C32H34F6N4O2/c1-30(2)21-44-14-13-41(30)10-6-5-9-40-11-12-42(27(20-40)19-26-17-22-7-3-4-8-28(22)39-26)29(43)23-15-24(31(33,34)35)18-25(16-23)32(36,37)38/h3-4,7-8,15-18,27,39H,9-14,19-21H2,1-2H3. The predicted octanol–water partition coefficient (Wildman–Crippen LogP) is 5.69. The van der Waals surface area contributed by atoms with Crippen molar-refractivity contribution < 1.29 is 35.9 Å². The number of fused-ring (bicyclic) bond motifs is 1. The molecule has 1 amide bonds. The van der Waals surface area contributed by atoms with Crippen molar-refractivity contribution in [1.29, 1.82) is 0 Å². The van der Waals surface area contributed by atoms with E-state index in [2.05, 4.69) is 40.5 Å². The molecule has 2 aromatic carbocycles. The van der Waals surface area contributed by atoms with Crippen molar-refractivity contribution in [3.8, 4) is 11.8 Å². The second kappa shape index (κ2) is 12.5. The molecule has 0 radical (unpaired) electrons. The number of ether oxygens (including phenoxy) is 1. The number of carbonyl (C=O) groups is 1. The van der Waals surface area contributed by atoms with Crippen LogP contribution < -0.4 is 0 Å². The summed E-state index contributed by atoms with van der Waals surface area (Å²) in [5.41, 5.74) is -2.11. The van der Waals surface area contributed by atoms with E-state index < -0.39 is 41.0 Å². The average molecular weight is 621 g/mol. The van der Waals surface area contributed by atoms with E-state index in [1.807, 2.05) is 30.3 Å². The van der Waals surface area contributed by atoms with Crippen LogP contribution in [0.5, 0.6) is 0 Å². The summed E-state index contributed by atoms with van der Waals surface area (Å²) in [6.45, 7) is 8.08. The number of piperazine rings is 1. The summed E-state index contributed by atoms with van der Waals surface area (Å²) in [4.78, 5) is 22.7. The van der Waals surface area contributed by atoms with Crippen molar-refractivity contribution in [2.24, 2.45) is 0 Å². The second-order valence-electron chi connectivity index (χ2n) is 11.9. The summed E-state index contributed by atoms with van der Waals surface area (Å²) in [5, 5.41) is 0.956. The molecular formula is C32H34F6N4O2. The number of nitrogens with one attached hydrogen (secondary N) is 1. The van der Waals surface area contributed by atoms with Crippen LogP contribution in [0.1, 0.15) is 41.0 Å². The van der Waals surface area contributed by atoms with E-state index in [-0.39, 0.29) is 18.2 Å². The Labute approximate surface area is 251 Å². The van der Waals surface area contributed by atoms with Crippen molar-refractivity contribution in [2.45, 2.75) is 44.2 Å². The number of H-pyrrole nitrogens is 1. The third-order valence-corrected chi connectivity index (χ3v) is 8.22. The number of benzene rings is 2. The summed E-state index contributed by atoms with van der Waals surface area (Å²) >= 11 is 0. The van der Waals surface area contributed by atoms with Gasteiger partial charge in [0.25, 0.3) is 5.91 Å². The summed E-state index contributed by atoms with van der Waals surface area (Å²) in [7, 11) is 0. The molecular weight excluding hydrogens is 586 g/mol. The van der Waals surface area contributed by atoms with E-state index in [0.717, 1.165) is 23.1 Å². The number of alkyl halides is 6. The molecule has 2 aliphatic rings. The largest absolute Gasteiger partial charge is 0.416 e. The van der Waals surface area contributed by atoms with Crippen LogP contribution in [0, 0.1) is 11.8 Å². The maximum atomic E-state index is 13.7. The van der Waals surface area contributed by atoms with Crippen LogP contribution in [-0.2, 0) is 23.5 Å². The summed E-state index contributed by atoms with van der Waals surface area (Å²) < 4.78 is 86.8. The molecule has 1 N–H and O–H groups in total. The molecule has 1 aromatic heterocycles. The average Bonchev–Trinajstić information content (AvgIpc) is 3.37. The smallest absolute Gasteiger partial charge is 0.378 e. The van der Waals surface area contributed by atoms with Gasteiger partial charge in [-0.15, -0.1) is 0 Å². The number of halogens is 6. The Bertz CT molecular complexity index is 1490. The minimum absolute atomic E-state index is 0.0351. The van der Waals surface area contributed by atoms with Crippen molar-refractivity contribution >= 4 is 16.8 Å². The van der Waals surface area contributed by atoms with Gasteiger partial charge in [0.15, 0.2) is 0 Å². The van der Waals surface area contributed by atoms with Gasteiger partial charge in [-0.1, -0.05) is 30.0 Å². The Kier molecular flexibility index (Phi) is 9.03. The molecule has 236 valence electrons. The van der Waals surface area contributed by atoms with Gasteiger partial charge in [0.05, 0.1) is 43.5 Å². The normalized spacial score (nSPS) is 20.0. The lowest BCUT2D eigenvalue weighted by atomic mass is 10.0. The van der Waals surface area contributed by atoms with Crippen LogP contribution >= 0.6 is 0 Å². The highest BCUT2D eigenvalue weighted by Crippen LogP contribution is 2.37. The fraction of sp³-hybridized carbons (Fsp3) is 0.469. The molecule has 1 atom stereocenters. The zero-order valence-corrected chi connectivity index (χ0v) is 24.5. The number of carbonyl (C=O) groups excluding carboxylic acids is 1. The maximum Gasteiger partial charge on any atom is 0.416 e. The number of aromatic amines is 1. The Morgan fingerprint density at radius 1 is 0.955 bits per heavy atom. The number of para-hydroxylation sites is 1. The van der Waals surface area contributed by atoms with E-state index >= 15 is 0 Å². The molecule has 0 saturated carbocycles. The summed E-state index contributed by atoms with van der Waals surface area (Å²) in [6, 6.07) is 10.1. The van der Waals surface area contributed by atoms with Crippen LogP contribution in [0.15, 0.2) is 48.5 Å². The van der Waals surface area contributed by atoms with Crippen LogP contribution in [0.2, 0.25) is 0 Å². The van der Waals surface area contributed by atoms with E-state index in [9.17, 15) is 31.1 Å². The molecule has 5 rings (SSSR count). The van der Waals surface area contributed by atoms with Crippen LogP contribution in [0.25, 0.3) is 10.9 Å². The molecule has 3 heterocycles. The van der Waals surface area contributed by atoms with E-state index in [1.54, 1.807) is 0 Å². The lowest BCUT2D eigenvalue weighted by Crippen LogP contribution is -2.56. The molecule has 3 aromatic rings. The van der Waals surface area contributed by atoms with Crippen molar-refractivity contribution in [3.63, 3.8) is 0 Å². The maximum absolute atomic E-state index is 13.7. The van der Waals surface area contributed by atoms with Gasteiger partial charge in [-0.05, 0) is 49.6 Å². The first kappa shape index (κ1) is 31.9. The van der Waals surface area contributed by atoms with E-state index in [1.165, 1.54) is 4.90 Å². The Morgan fingerprint density at radius 3 is 2.30 bits per heavy atom. The van der Waals surface area contributed by atoms with Crippen molar-refractivity contribution in [1.82, 2.24) is 19.7 Å². The van der Waals surface area contributed by atoms with Gasteiger partial charge < -0.3 is 14.6 Å². The third kappa shape index (κ3) is 7.39. The van der Waals surface area contributed by atoms with Gasteiger partial charge in [0, 0.05) is 54.9 Å². The number of morpholine rings is 1. The molecule has 2 saturated heterocycles. The molecule has 0 spiro atoms. The molecule has 44 heavy (non-hydrogen) atoms. The third-order valence-electron chi connectivity index (χ3n) is 8.22. The van der Waals surface area contributed by atoms with Crippen LogP contribution in [-0.4, -0.2) is 89.7 Å². The monoisotopic (exact) mass is 620 g/mol.